The SMILES string of the molecule is COc1cccc(CCc2ccccc2OCCCCN2CCN(c3ccccc3OC)CC2)c1.Cl. The number of hydrogen-bond donors (Lipinski definition) is 0. The van der Waals surface area contributed by atoms with E-state index in [0.717, 1.165) is 82.3 Å². The largest absolute Gasteiger partial charge is 0.497 e. The van der Waals surface area contributed by atoms with Crippen molar-refractivity contribution < 1.29 is 14.2 Å². The van der Waals surface area contributed by atoms with Crippen LogP contribution < -0.4 is 19.1 Å². The lowest BCUT2D eigenvalue weighted by molar-refractivity contribution is 0.237. The van der Waals surface area contributed by atoms with E-state index in [4.69, 9.17) is 14.2 Å². The van der Waals surface area contributed by atoms with Crippen molar-refractivity contribution in [2.45, 2.75) is 25.7 Å². The van der Waals surface area contributed by atoms with Crippen LogP contribution >= 0.6 is 12.4 Å². The number of aryl methyl sites for hydroxylation is 2. The van der Waals surface area contributed by atoms with Crippen molar-refractivity contribution in [1.82, 2.24) is 4.90 Å². The lowest BCUT2D eigenvalue weighted by Gasteiger charge is -2.36. The van der Waals surface area contributed by atoms with Gasteiger partial charge in [-0.25, -0.2) is 0 Å². The first-order valence-corrected chi connectivity index (χ1v) is 12.7. The van der Waals surface area contributed by atoms with Gasteiger partial charge in [-0.05, 0) is 73.7 Å². The molecule has 0 aromatic heterocycles. The Hall–Kier alpha value is -2.89. The van der Waals surface area contributed by atoms with E-state index in [9.17, 15) is 0 Å². The molecule has 4 rings (SSSR count). The first-order valence-electron chi connectivity index (χ1n) is 12.7. The van der Waals surface area contributed by atoms with Crippen LogP contribution in [0.1, 0.15) is 24.0 Å². The zero-order valence-corrected chi connectivity index (χ0v) is 22.3. The first kappa shape index (κ1) is 27.7. The fraction of sp³-hybridized carbons (Fsp3) is 0.400. The van der Waals surface area contributed by atoms with Crippen LogP contribution in [-0.4, -0.2) is 58.5 Å². The minimum Gasteiger partial charge on any atom is -0.497 e. The van der Waals surface area contributed by atoms with Crippen molar-refractivity contribution in [3.63, 3.8) is 0 Å². The van der Waals surface area contributed by atoms with Crippen LogP contribution in [0.2, 0.25) is 0 Å². The van der Waals surface area contributed by atoms with Crippen molar-refractivity contribution in [2.75, 3.05) is 58.5 Å². The van der Waals surface area contributed by atoms with Crippen LogP contribution in [0.5, 0.6) is 17.2 Å². The third-order valence-electron chi connectivity index (χ3n) is 6.71. The Labute approximate surface area is 222 Å². The molecule has 5 nitrogen and oxygen atoms in total. The highest BCUT2D eigenvalue weighted by Crippen LogP contribution is 2.28. The van der Waals surface area contributed by atoms with E-state index in [-0.39, 0.29) is 12.4 Å². The minimum atomic E-state index is 0. The zero-order chi connectivity index (χ0) is 24.3. The number of nitrogens with zero attached hydrogens (tertiary/aromatic N) is 2. The standard InChI is InChI=1S/C30H38N2O3.ClH/c1-33-27-12-9-10-25(24-27)16-17-26-11-3-5-14-29(26)35-23-8-7-18-31-19-21-32(22-20-31)28-13-4-6-15-30(28)34-2;/h3-6,9-15,24H,7-8,16-23H2,1-2H3;1H. The predicted molar refractivity (Wildman–Crippen MR) is 150 cm³/mol. The van der Waals surface area contributed by atoms with E-state index in [2.05, 4.69) is 64.4 Å². The number of unbranched alkanes of at least 4 members (excludes halogenated alkanes) is 1. The fourth-order valence-corrected chi connectivity index (χ4v) is 4.68. The van der Waals surface area contributed by atoms with Gasteiger partial charge in [-0.3, -0.25) is 4.90 Å². The van der Waals surface area contributed by atoms with Crippen molar-refractivity contribution in [2.24, 2.45) is 0 Å². The second kappa shape index (κ2) is 14.6. The van der Waals surface area contributed by atoms with E-state index in [1.165, 1.54) is 16.8 Å². The summed E-state index contributed by atoms with van der Waals surface area (Å²) in [6.45, 7) is 6.14. The Kier molecular flexibility index (Phi) is 11.2. The molecule has 3 aromatic carbocycles. The molecule has 1 aliphatic heterocycles. The summed E-state index contributed by atoms with van der Waals surface area (Å²) in [5.41, 5.74) is 3.75. The van der Waals surface area contributed by atoms with Gasteiger partial charge in [0.25, 0.3) is 0 Å². The molecule has 0 aliphatic carbocycles. The fourth-order valence-electron chi connectivity index (χ4n) is 4.68. The van der Waals surface area contributed by atoms with E-state index in [1.54, 1.807) is 14.2 Å². The average Bonchev–Trinajstić information content (AvgIpc) is 2.92. The molecule has 1 fully saturated rings. The summed E-state index contributed by atoms with van der Waals surface area (Å²) < 4.78 is 17.1. The van der Waals surface area contributed by atoms with E-state index < -0.39 is 0 Å². The Morgan fingerprint density at radius 2 is 1.47 bits per heavy atom. The van der Waals surface area contributed by atoms with Crippen molar-refractivity contribution in [3.8, 4) is 17.2 Å². The van der Waals surface area contributed by atoms with E-state index in [1.807, 2.05) is 18.2 Å². The molecule has 0 radical (unpaired) electrons. The van der Waals surface area contributed by atoms with Gasteiger partial charge in [0.05, 0.1) is 26.5 Å². The molecule has 0 amide bonds. The molecule has 1 heterocycles. The molecule has 0 N–H and O–H groups in total. The summed E-state index contributed by atoms with van der Waals surface area (Å²) in [4.78, 5) is 4.99. The van der Waals surface area contributed by atoms with Crippen molar-refractivity contribution >= 4 is 18.1 Å². The summed E-state index contributed by atoms with van der Waals surface area (Å²) in [5, 5.41) is 0. The molecule has 1 saturated heterocycles. The molecule has 0 unspecified atom stereocenters. The normalized spacial score (nSPS) is 13.7. The maximum absolute atomic E-state index is 6.19. The summed E-state index contributed by atoms with van der Waals surface area (Å²) in [5.74, 6) is 2.89. The number of rotatable bonds is 12. The molecule has 0 saturated carbocycles. The van der Waals surface area contributed by atoms with Gasteiger partial charge in [0, 0.05) is 26.2 Å². The molecule has 0 bridgehead atoms. The van der Waals surface area contributed by atoms with E-state index >= 15 is 0 Å². The number of para-hydroxylation sites is 3. The molecule has 6 heteroatoms. The summed E-state index contributed by atoms with van der Waals surface area (Å²) >= 11 is 0. The Balaban J connectivity index is 0.00000361. The van der Waals surface area contributed by atoms with Crippen LogP contribution in [0.4, 0.5) is 5.69 Å². The number of halogens is 1. The monoisotopic (exact) mass is 510 g/mol. The topological polar surface area (TPSA) is 34.2 Å². The number of methoxy groups -OCH3 is 2. The Morgan fingerprint density at radius 3 is 2.25 bits per heavy atom. The Bertz CT molecular complexity index is 1050. The predicted octanol–water partition coefficient (Wildman–Crippen LogP) is 5.89. The second-order valence-corrected chi connectivity index (χ2v) is 9.02. The lowest BCUT2D eigenvalue weighted by atomic mass is 10.0. The minimum absolute atomic E-state index is 0. The van der Waals surface area contributed by atoms with Crippen LogP contribution in [0, 0.1) is 0 Å². The van der Waals surface area contributed by atoms with Gasteiger partial charge < -0.3 is 19.1 Å². The number of piperazine rings is 1. The number of benzene rings is 3. The van der Waals surface area contributed by atoms with Gasteiger partial charge in [0.15, 0.2) is 0 Å². The number of ether oxygens (including phenoxy) is 3. The molecular weight excluding hydrogens is 472 g/mol. The first-order chi connectivity index (χ1) is 17.3. The summed E-state index contributed by atoms with van der Waals surface area (Å²) in [6, 6.07) is 25.0. The van der Waals surface area contributed by atoms with Gasteiger partial charge in [-0.2, -0.15) is 0 Å². The lowest BCUT2D eigenvalue weighted by Crippen LogP contribution is -2.46. The van der Waals surface area contributed by atoms with Gasteiger partial charge in [0.1, 0.15) is 17.2 Å². The van der Waals surface area contributed by atoms with Gasteiger partial charge in [-0.1, -0.05) is 42.5 Å². The average molecular weight is 511 g/mol. The molecule has 36 heavy (non-hydrogen) atoms. The smallest absolute Gasteiger partial charge is 0.142 e. The van der Waals surface area contributed by atoms with Crippen LogP contribution in [-0.2, 0) is 12.8 Å². The number of hydrogen-bond acceptors (Lipinski definition) is 5. The maximum atomic E-state index is 6.19. The van der Waals surface area contributed by atoms with Crippen molar-refractivity contribution in [1.29, 1.82) is 0 Å². The molecule has 3 aromatic rings. The zero-order valence-electron chi connectivity index (χ0n) is 21.5. The van der Waals surface area contributed by atoms with Crippen LogP contribution in [0.3, 0.4) is 0 Å². The molecule has 1 aliphatic rings. The Morgan fingerprint density at radius 1 is 0.722 bits per heavy atom. The molecular formula is C30H39ClN2O3. The van der Waals surface area contributed by atoms with Crippen molar-refractivity contribution in [3.05, 3.63) is 83.9 Å². The second-order valence-electron chi connectivity index (χ2n) is 9.02. The third kappa shape index (κ3) is 7.81. The summed E-state index contributed by atoms with van der Waals surface area (Å²) in [6.07, 6.45) is 4.15. The quantitative estimate of drug-likeness (QED) is 0.284. The van der Waals surface area contributed by atoms with Gasteiger partial charge >= 0.3 is 0 Å². The van der Waals surface area contributed by atoms with Crippen LogP contribution in [0.25, 0.3) is 0 Å². The highest BCUT2D eigenvalue weighted by molar-refractivity contribution is 5.85. The van der Waals surface area contributed by atoms with Gasteiger partial charge in [-0.15, -0.1) is 12.4 Å². The van der Waals surface area contributed by atoms with Gasteiger partial charge in [0.2, 0.25) is 0 Å². The maximum Gasteiger partial charge on any atom is 0.142 e. The highest BCUT2D eigenvalue weighted by atomic mass is 35.5. The highest BCUT2D eigenvalue weighted by Gasteiger charge is 2.19. The van der Waals surface area contributed by atoms with E-state index in [0.29, 0.717) is 0 Å². The molecule has 0 atom stereocenters. The van der Waals surface area contributed by atoms with Crippen LogP contribution in [0.15, 0.2) is 72.8 Å². The summed E-state index contributed by atoms with van der Waals surface area (Å²) in [7, 11) is 3.46. The number of anilines is 1. The molecule has 194 valence electrons. The third-order valence-corrected chi connectivity index (χ3v) is 6.71. The molecule has 0 spiro atoms.